The second kappa shape index (κ2) is 7.21. The normalized spacial score (nSPS) is 18.1. The van der Waals surface area contributed by atoms with Crippen molar-refractivity contribution in [1.29, 1.82) is 0 Å². The molecule has 0 spiro atoms. The number of hydrogen-bond donors (Lipinski definition) is 2. The number of benzene rings is 1. The summed E-state index contributed by atoms with van der Waals surface area (Å²) in [6.07, 6.45) is 1.47. The maximum absolute atomic E-state index is 12.8. The summed E-state index contributed by atoms with van der Waals surface area (Å²) in [6.45, 7) is 0.948. The second-order valence-electron chi connectivity index (χ2n) is 4.61. The highest BCUT2D eigenvalue weighted by Crippen LogP contribution is 2.18. The van der Waals surface area contributed by atoms with Crippen LogP contribution >= 0.6 is 12.4 Å². The zero-order valence-corrected chi connectivity index (χ0v) is 11.7. The van der Waals surface area contributed by atoms with Gasteiger partial charge >= 0.3 is 0 Å². The molecule has 1 aliphatic rings. The number of carbonyl (C=O) groups is 2. The lowest BCUT2D eigenvalue weighted by atomic mass is 9.97. The number of piperidine rings is 1. The predicted molar refractivity (Wildman–Crippen MR) is 74.6 cm³/mol. The van der Waals surface area contributed by atoms with E-state index in [0.717, 1.165) is 12.8 Å². The van der Waals surface area contributed by atoms with Gasteiger partial charge in [-0.1, -0.05) is 0 Å². The van der Waals surface area contributed by atoms with Gasteiger partial charge in [0.1, 0.15) is 5.82 Å². The molecule has 1 heterocycles. The van der Waals surface area contributed by atoms with Crippen LogP contribution in [0.4, 0.5) is 4.39 Å². The minimum atomic E-state index is -0.379. The lowest BCUT2D eigenvalue weighted by Gasteiger charge is -2.31. The van der Waals surface area contributed by atoms with Crippen LogP contribution in [-0.4, -0.2) is 29.8 Å². The Kier molecular flexibility index (Phi) is 5.91. The second-order valence-corrected chi connectivity index (χ2v) is 4.61. The van der Waals surface area contributed by atoms with Gasteiger partial charge in [0.05, 0.1) is 5.92 Å². The van der Waals surface area contributed by atoms with Crippen LogP contribution in [0.5, 0.6) is 0 Å². The maximum Gasteiger partial charge on any atom is 0.253 e. The molecule has 0 radical (unpaired) electrons. The van der Waals surface area contributed by atoms with Crippen molar-refractivity contribution in [3.05, 3.63) is 35.6 Å². The summed E-state index contributed by atoms with van der Waals surface area (Å²) in [5.74, 6) is 4.01. The Morgan fingerprint density at radius 2 is 1.95 bits per heavy atom. The molecule has 0 unspecified atom stereocenters. The average molecular weight is 302 g/mol. The van der Waals surface area contributed by atoms with Crippen LogP contribution in [0.1, 0.15) is 23.2 Å². The molecule has 0 saturated carbocycles. The summed E-state index contributed by atoms with van der Waals surface area (Å²) in [5, 5.41) is 0. The van der Waals surface area contributed by atoms with Crippen molar-refractivity contribution in [2.45, 2.75) is 12.8 Å². The van der Waals surface area contributed by atoms with Crippen LogP contribution < -0.4 is 11.3 Å². The molecule has 2 amide bonds. The lowest BCUT2D eigenvalue weighted by Crippen LogP contribution is -2.46. The van der Waals surface area contributed by atoms with Crippen molar-refractivity contribution in [3.8, 4) is 0 Å². The van der Waals surface area contributed by atoms with Gasteiger partial charge in [-0.05, 0) is 37.1 Å². The van der Waals surface area contributed by atoms with Gasteiger partial charge in [0.25, 0.3) is 5.91 Å². The minimum absolute atomic E-state index is 0. The fraction of sp³-hybridized carbons (Fsp3) is 0.385. The van der Waals surface area contributed by atoms with Gasteiger partial charge < -0.3 is 4.90 Å². The maximum atomic E-state index is 12.8. The van der Waals surface area contributed by atoms with Gasteiger partial charge in [0.2, 0.25) is 5.91 Å². The number of halogens is 2. The first-order chi connectivity index (χ1) is 9.11. The summed E-state index contributed by atoms with van der Waals surface area (Å²) in [5.41, 5.74) is 2.54. The molecule has 1 fully saturated rings. The van der Waals surface area contributed by atoms with Crippen molar-refractivity contribution >= 4 is 24.2 Å². The molecule has 1 atom stereocenters. The van der Waals surface area contributed by atoms with Crippen LogP contribution in [0.3, 0.4) is 0 Å². The van der Waals surface area contributed by atoms with E-state index in [1.807, 2.05) is 0 Å². The third-order valence-electron chi connectivity index (χ3n) is 3.31. The van der Waals surface area contributed by atoms with Crippen LogP contribution in [0.15, 0.2) is 24.3 Å². The first kappa shape index (κ1) is 16.4. The van der Waals surface area contributed by atoms with Crippen LogP contribution in [0, 0.1) is 11.7 Å². The Morgan fingerprint density at radius 1 is 1.30 bits per heavy atom. The molecular formula is C13H17ClFN3O2. The molecule has 20 heavy (non-hydrogen) atoms. The number of rotatable bonds is 2. The van der Waals surface area contributed by atoms with E-state index in [0.29, 0.717) is 18.7 Å². The molecule has 0 bridgehead atoms. The molecule has 3 N–H and O–H groups in total. The monoisotopic (exact) mass is 301 g/mol. The average Bonchev–Trinajstić information content (AvgIpc) is 2.46. The van der Waals surface area contributed by atoms with E-state index in [1.165, 1.54) is 24.3 Å². The molecule has 1 saturated heterocycles. The number of likely N-dealkylation sites (tertiary alicyclic amines) is 1. The Balaban J connectivity index is 0.00000200. The zero-order valence-electron chi connectivity index (χ0n) is 10.8. The van der Waals surface area contributed by atoms with E-state index >= 15 is 0 Å². The Hall–Kier alpha value is -1.66. The van der Waals surface area contributed by atoms with Gasteiger partial charge in [-0.15, -0.1) is 12.4 Å². The molecule has 1 aromatic rings. The highest BCUT2D eigenvalue weighted by atomic mass is 35.5. The number of nitrogens with two attached hydrogens (primary N) is 1. The predicted octanol–water partition coefficient (Wildman–Crippen LogP) is 1.09. The van der Waals surface area contributed by atoms with Crippen molar-refractivity contribution in [2.75, 3.05) is 13.1 Å². The molecule has 0 aromatic heterocycles. The topological polar surface area (TPSA) is 75.4 Å². The molecule has 110 valence electrons. The molecule has 5 nitrogen and oxygen atoms in total. The zero-order chi connectivity index (χ0) is 13.8. The summed E-state index contributed by atoms with van der Waals surface area (Å²) in [7, 11) is 0. The van der Waals surface area contributed by atoms with Crippen molar-refractivity contribution < 1.29 is 14.0 Å². The minimum Gasteiger partial charge on any atom is -0.338 e. The molecule has 1 aromatic carbocycles. The highest BCUT2D eigenvalue weighted by molar-refractivity contribution is 5.94. The van der Waals surface area contributed by atoms with Crippen molar-refractivity contribution in [3.63, 3.8) is 0 Å². The van der Waals surface area contributed by atoms with Gasteiger partial charge in [0, 0.05) is 18.7 Å². The number of nitrogens with zero attached hydrogens (tertiary/aromatic N) is 1. The quantitative estimate of drug-likeness (QED) is 0.488. The number of nitrogens with one attached hydrogen (secondary N) is 1. The first-order valence-electron chi connectivity index (χ1n) is 6.17. The fourth-order valence-corrected chi connectivity index (χ4v) is 2.27. The summed E-state index contributed by atoms with van der Waals surface area (Å²) >= 11 is 0. The first-order valence-corrected chi connectivity index (χ1v) is 6.17. The third-order valence-corrected chi connectivity index (χ3v) is 3.31. The van der Waals surface area contributed by atoms with E-state index in [-0.39, 0.29) is 36.0 Å². The SMILES string of the molecule is Cl.NNC(=O)[C@H]1CCCN(C(=O)c2ccc(F)cc2)C1. The van der Waals surface area contributed by atoms with Gasteiger partial charge in [-0.2, -0.15) is 0 Å². The lowest BCUT2D eigenvalue weighted by molar-refractivity contribution is -0.126. The number of hydrogen-bond acceptors (Lipinski definition) is 3. The van der Waals surface area contributed by atoms with Crippen LogP contribution in [0.2, 0.25) is 0 Å². The van der Waals surface area contributed by atoms with Crippen molar-refractivity contribution in [2.24, 2.45) is 11.8 Å². The van der Waals surface area contributed by atoms with E-state index < -0.39 is 0 Å². The summed E-state index contributed by atoms with van der Waals surface area (Å²) < 4.78 is 12.8. The van der Waals surface area contributed by atoms with Crippen molar-refractivity contribution in [1.82, 2.24) is 10.3 Å². The van der Waals surface area contributed by atoms with Gasteiger partial charge in [-0.3, -0.25) is 15.0 Å². The third kappa shape index (κ3) is 3.68. The Morgan fingerprint density at radius 3 is 2.55 bits per heavy atom. The van der Waals surface area contributed by atoms with Gasteiger partial charge in [-0.25, -0.2) is 10.2 Å². The molecule has 7 heteroatoms. The largest absolute Gasteiger partial charge is 0.338 e. The Bertz CT molecular complexity index is 481. The fourth-order valence-electron chi connectivity index (χ4n) is 2.27. The summed E-state index contributed by atoms with van der Waals surface area (Å²) in [4.78, 5) is 25.3. The molecular weight excluding hydrogens is 285 g/mol. The Labute approximate surface area is 122 Å². The van der Waals surface area contributed by atoms with Crippen LogP contribution in [-0.2, 0) is 4.79 Å². The molecule has 2 rings (SSSR count). The van der Waals surface area contributed by atoms with Crippen LogP contribution in [0.25, 0.3) is 0 Å². The van der Waals surface area contributed by atoms with E-state index in [2.05, 4.69) is 5.43 Å². The van der Waals surface area contributed by atoms with E-state index in [1.54, 1.807) is 4.90 Å². The number of carbonyl (C=O) groups excluding carboxylic acids is 2. The standard InChI is InChI=1S/C13H16FN3O2.ClH/c14-11-5-3-9(4-6-11)13(19)17-7-1-2-10(8-17)12(18)16-15;/h3-6,10H,1-2,7-8,15H2,(H,16,18);1H/t10-;/m0./s1. The number of amides is 2. The van der Waals surface area contributed by atoms with E-state index in [4.69, 9.17) is 5.84 Å². The molecule has 1 aliphatic heterocycles. The van der Waals surface area contributed by atoms with E-state index in [9.17, 15) is 14.0 Å². The summed E-state index contributed by atoms with van der Waals surface area (Å²) in [6, 6.07) is 5.40. The van der Waals surface area contributed by atoms with Gasteiger partial charge in [0.15, 0.2) is 0 Å². The molecule has 0 aliphatic carbocycles. The highest BCUT2D eigenvalue weighted by Gasteiger charge is 2.28. The number of hydrazine groups is 1. The smallest absolute Gasteiger partial charge is 0.253 e.